The van der Waals surface area contributed by atoms with Crippen LogP contribution in [0.4, 0.5) is 0 Å². The van der Waals surface area contributed by atoms with E-state index >= 15 is 0 Å². The van der Waals surface area contributed by atoms with Crippen molar-refractivity contribution in [3.8, 4) is 0 Å². The van der Waals surface area contributed by atoms with Crippen molar-refractivity contribution in [2.75, 3.05) is 26.2 Å². The zero-order valence-corrected chi connectivity index (χ0v) is 19.7. The predicted octanol–water partition coefficient (Wildman–Crippen LogP) is 3.63. The van der Waals surface area contributed by atoms with Crippen LogP contribution >= 0.6 is 0 Å². The standard InChI is InChI=1S/C25H30N2O5S/c1-2-32-25(29)21-10-12-22(13-11-21)33(30,31)26-17-14-20(15-18-26)24(28)27-16-6-9-23(27)19-7-4-3-5-8-19/h3-5,7-8,10-13,20,23H,2,6,9,14-18H2,1H3/t23-/m1/s1. The quantitative estimate of drug-likeness (QED) is 0.602. The fraction of sp³-hybridized carbons (Fsp3) is 0.440. The van der Waals surface area contributed by atoms with Crippen LogP contribution in [-0.2, 0) is 19.6 Å². The Morgan fingerprint density at radius 1 is 0.939 bits per heavy atom. The molecule has 2 aliphatic rings. The average molecular weight is 471 g/mol. The van der Waals surface area contributed by atoms with Crippen LogP contribution in [0, 0.1) is 5.92 Å². The summed E-state index contributed by atoms with van der Waals surface area (Å²) in [5.74, 6) is -0.499. The molecule has 0 saturated carbocycles. The van der Waals surface area contributed by atoms with E-state index in [1.807, 2.05) is 23.1 Å². The molecule has 0 unspecified atom stereocenters. The summed E-state index contributed by atoms with van der Waals surface area (Å²) < 4.78 is 32.5. The first-order valence-corrected chi connectivity index (χ1v) is 13.0. The van der Waals surface area contributed by atoms with Crippen molar-refractivity contribution < 1.29 is 22.7 Å². The highest BCUT2D eigenvalue weighted by atomic mass is 32.2. The van der Waals surface area contributed by atoms with Gasteiger partial charge in [0, 0.05) is 25.6 Å². The molecule has 2 heterocycles. The SMILES string of the molecule is CCOC(=O)c1ccc(S(=O)(=O)N2CCC(C(=O)N3CCC[C@@H]3c3ccccc3)CC2)cc1. The number of ether oxygens (including phenoxy) is 1. The molecule has 0 aliphatic carbocycles. The van der Waals surface area contributed by atoms with Crippen molar-refractivity contribution in [1.29, 1.82) is 0 Å². The Hall–Kier alpha value is -2.71. The normalized spacial score (nSPS) is 20.0. The minimum absolute atomic E-state index is 0.110. The van der Waals surface area contributed by atoms with E-state index in [9.17, 15) is 18.0 Å². The molecule has 8 heteroatoms. The van der Waals surface area contributed by atoms with Crippen molar-refractivity contribution in [3.05, 3.63) is 65.7 Å². The molecule has 1 atom stereocenters. The van der Waals surface area contributed by atoms with Gasteiger partial charge in [-0.1, -0.05) is 30.3 Å². The second-order valence-corrected chi connectivity index (χ2v) is 10.5. The molecule has 4 rings (SSSR count). The molecule has 2 aromatic rings. The predicted molar refractivity (Wildman–Crippen MR) is 124 cm³/mol. The third-order valence-electron chi connectivity index (χ3n) is 6.53. The minimum atomic E-state index is -3.68. The molecule has 1 amide bonds. The lowest BCUT2D eigenvalue weighted by Crippen LogP contribution is -2.44. The van der Waals surface area contributed by atoms with Gasteiger partial charge in [-0.05, 0) is 62.4 Å². The lowest BCUT2D eigenvalue weighted by Gasteiger charge is -2.34. The maximum absolute atomic E-state index is 13.3. The molecule has 2 fully saturated rings. The van der Waals surface area contributed by atoms with Crippen molar-refractivity contribution in [2.24, 2.45) is 5.92 Å². The molecular formula is C25H30N2O5S. The Bertz CT molecular complexity index is 1080. The van der Waals surface area contributed by atoms with Gasteiger partial charge in [0.05, 0.1) is 23.1 Å². The largest absolute Gasteiger partial charge is 0.462 e. The van der Waals surface area contributed by atoms with E-state index in [4.69, 9.17) is 4.74 Å². The monoisotopic (exact) mass is 470 g/mol. The minimum Gasteiger partial charge on any atom is -0.462 e. The lowest BCUT2D eigenvalue weighted by atomic mass is 9.95. The number of benzene rings is 2. The molecule has 2 aromatic carbocycles. The Kier molecular flexibility index (Phi) is 7.14. The molecule has 0 aromatic heterocycles. The zero-order valence-electron chi connectivity index (χ0n) is 18.9. The second-order valence-electron chi connectivity index (χ2n) is 8.52. The van der Waals surface area contributed by atoms with E-state index in [0.717, 1.165) is 24.9 Å². The summed E-state index contributed by atoms with van der Waals surface area (Å²) in [4.78, 5) is 27.2. The number of likely N-dealkylation sites (tertiary alicyclic amines) is 1. The molecule has 7 nitrogen and oxygen atoms in total. The number of sulfonamides is 1. The molecule has 0 spiro atoms. The van der Waals surface area contributed by atoms with Crippen LogP contribution in [0.5, 0.6) is 0 Å². The Labute approximate surface area is 195 Å². The van der Waals surface area contributed by atoms with E-state index < -0.39 is 16.0 Å². The summed E-state index contributed by atoms with van der Waals surface area (Å²) >= 11 is 0. The van der Waals surface area contributed by atoms with Crippen molar-refractivity contribution >= 4 is 21.9 Å². The fourth-order valence-electron chi connectivity index (χ4n) is 4.76. The number of piperidine rings is 1. The highest BCUT2D eigenvalue weighted by Crippen LogP contribution is 2.35. The van der Waals surface area contributed by atoms with Gasteiger partial charge in [-0.25, -0.2) is 13.2 Å². The Morgan fingerprint density at radius 3 is 2.24 bits per heavy atom. The van der Waals surface area contributed by atoms with Crippen LogP contribution in [-0.4, -0.2) is 55.7 Å². The molecule has 0 N–H and O–H groups in total. The number of amides is 1. The van der Waals surface area contributed by atoms with Gasteiger partial charge >= 0.3 is 5.97 Å². The van der Waals surface area contributed by atoms with Gasteiger partial charge in [0.15, 0.2) is 0 Å². The van der Waals surface area contributed by atoms with Crippen LogP contribution in [0.2, 0.25) is 0 Å². The Balaban J connectivity index is 1.39. The summed E-state index contributed by atoms with van der Waals surface area (Å²) in [6.45, 7) is 3.35. The number of hydrogen-bond donors (Lipinski definition) is 0. The maximum Gasteiger partial charge on any atom is 0.338 e. The van der Waals surface area contributed by atoms with Crippen LogP contribution in [0.3, 0.4) is 0 Å². The number of rotatable bonds is 6. The second kappa shape index (κ2) is 10.1. The number of nitrogens with zero attached hydrogens (tertiary/aromatic N) is 2. The lowest BCUT2D eigenvalue weighted by molar-refractivity contribution is -0.137. The van der Waals surface area contributed by atoms with Gasteiger partial charge in [-0.3, -0.25) is 4.79 Å². The Morgan fingerprint density at radius 2 is 1.61 bits per heavy atom. The van der Waals surface area contributed by atoms with Gasteiger partial charge in [0.2, 0.25) is 15.9 Å². The molecule has 0 bridgehead atoms. The van der Waals surface area contributed by atoms with Gasteiger partial charge in [0.1, 0.15) is 0 Å². The highest BCUT2D eigenvalue weighted by molar-refractivity contribution is 7.89. The van der Waals surface area contributed by atoms with E-state index in [1.54, 1.807) is 6.92 Å². The summed E-state index contributed by atoms with van der Waals surface area (Å²) in [5.41, 5.74) is 1.48. The van der Waals surface area contributed by atoms with E-state index in [-0.39, 0.29) is 29.4 Å². The third kappa shape index (κ3) is 4.96. The van der Waals surface area contributed by atoms with Crippen LogP contribution < -0.4 is 0 Å². The first-order chi connectivity index (χ1) is 15.9. The summed E-state index contributed by atoms with van der Waals surface area (Å²) in [5, 5.41) is 0. The molecule has 2 aliphatic heterocycles. The smallest absolute Gasteiger partial charge is 0.338 e. The first-order valence-electron chi connectivity index (χ1n) is 11.5. The topological polar surface area (TPSA) is 84.0 Å². The van der Waals surface area contributed by atoms with Crippen molar-refractivity contribution in [1.82, 2.24) is 9.21 Å². The van der Waals surface area contributed by atoms with Crippen molar-refractivity contribution in [2.45, 2.75) is 43.5 Å². The third-order valence-corrected chi connectivity index (χ3v) is 8.44. The van der Waals surface area contributed by atoms with Crippen LogP contribution in [0.1, 0.15) is 54.6 Å². The molecule has 0 radical (unpaired) electrons. The number of hydrogen-bond acceptors (Lipinski definition) is 5. The van der Waals surface area contributed by atoms with E-state index in [2.05, 4.69) is 12.1 Å². The average Bonchev–Trinajstić information content (AvgIpc) is 3.34. The van der Waals surface area contributed by atoms with Gasteiger partial charge in [-0.15, -0.1) is 0 Å². The summed E-state index contributed by atoms with van der Waals surface area (Å²) in [7, 11) is -3.68. The highest BCUT2D eigenvalue weighted by Gasteiger charge is 2.37. The van der Waals surface area contributed by atoms with Gasteiger partial charge < -0.3 is 9.64 Å². The first kappa shape index (κ1) is 23.4. The molecule has 176 valence electrons. The fourth-order valence-corrected chi connectivity index (χ4v) is 6.23. The van der Waals surface area contributed by atoms with E-state index in [0.29, 0.717) is 31.5 Å². The van der Waals surface area contributed by atoms with Gasteiger partial charge in [0.25, 0.3) is 0 Å². The number of esters is 1. The number of carbonyl (C=O) groups is 2. The van der Waals surface area contributed by atoms with Crippen LogP contribution in [0.25, 0.3) is 0 Å². The summed E-state index contributed by atoms with van der Waals surface area (Å²) in [6, 6.07) is 16.0. The zero-order chi connectivity index (χ0) is 23.4. The molecule has 2 saturated heterocycles. The maximum atomic E-state index is 13.3. The van der Waals surface area contributed by atoms with Gasteiger partial charge in [-0.2, -0.15) is 4.31 Å². The number of carbonyl (C=O) groups excluding carboxylic acids is 2. The molecular weight excluding hydrogens is 440 g/mol. The van der Waals surface area contributed by atoms with Crippen LogP contribution in [0.15, 0.2) is 59.5 Å². The summed E-state index contributed by atoms with van der Waals surface area (Å²) in [6.07, 6.45) is 2.97. The molecule has 33 heavy (non-hydrogen) atoms. The van der Waals surface area contributed by atoms with Crippen molar-refractivity contribution in [3.63, 3.8) is 0 Å². The van der Waals surface area contributed by atoms with E-state index in [1.165, 1.54) is 28.6 Å².